The lowest BCUT2D eigenvalue weighted by Gasteiger charge is -2.36. The molecule has 34 heavy (non-hydrogen) atoms. The number of nitrogens with zero attached hydrogens (tertiary/aromatic N) is 2. The fourth-order valence-corrected chi connectivity index (χ4v) is 7.00. The fraction of sp³-hybridized carbons (Fsp3) is 0.417. The summed E-state index contributed by atoms with van der Waals surface area (Å²) in [7, 11) is 0. The number of alkyl halides is 1. The third-order valence-electron chi connectivity index (χ3n) is 6.72. The number of halogens is 1. The molecule has 0 unspecified atom stereocenters. The SMILES string of the molecule is CCN(CC)C(=O)c1ccc2c(c1)[C@@H]1[C@H](Cl)[C@H](Sc3ccccc3[N+](=O)[O-])C[C@@H]1[C@@H](C(=O)O)N2. The normalized spacial score (nSPS) is 25.1. The van der Waals surface area contributed by atoms with E-state index >= 15 is 0 Å². The number of nitrogens with one attached hydrogen (secondary N) is 1. The van der Waals surface area contributed by atoms with Gasteiger partial charge in [0.05, 0.1) is 15.2 Å². The van der Waals surface area contributed by atoms with Crippen molar-refractivity contribution in [3.63, 3.8) is 0 Å². The van der Waals surface area contributed by atoms with Crippen LogP contribution in [-0.4, -0.2) is 56.6 Å². The minimum atomic E-state index is -0.968. The molecule has 0 bridgehead atoms. The van der Waals surface area contributed by atoms with Crippen LogP contribution in [0.5, 0.6) is 0 Å². The topological polar surface area (TPSA) is 113 Å². The molecule has 2 N–H and O–H groups in total. The number of nitro groups is 1. The maximum absolute atomic E-state index is 13.0. The Labute approximate surface area is 206 Å². The van der Waals surface area contributed by atoms with Crippen molar-refractivity contribution in [3.8, 4) is 0 Å². The Kier molecular flexibility index (Phi) is 7.04. The molecular formula is C24H26ClN3O5S. The van der Waals surface area contributed by atoms with Gasteiger partial charge in [-0.1, -0.05) is 12.1 Å². The zero-order valence-electron chi connectivity index (χ0n) is 18.8. The van der Waals surface area contributed by atoms with Crippen LogP contribution in [0, 0.1) is 16.0 Å². The summed E-state index contributed by atoms with van der Waals surface area (Å²) in [5.74, 6) is -1.67. The van der Waals surface area contributed by atoms with E-state index in [1.807, 2.05) is 19.9 Å². The maximum Gasteiger partial charge on any atom is 0.326 e. The summed E-state index contributed by atoms with van der Waals surface area (Å²) in [6, 6.07) is 11.0. The Balaban J connectivity index is 1.70. The number of benzene rings is 2. The van der Waals surface area contributed by atoms with Crippen LogP contribution in [0.1, 0.15) is 42.1 Å². The number of amides is 1. The van der Waals surface area contributed by atoms with Gasteiger partial charge in [0.25, 0.3) is 11.6 Å². The van der Waals surface area contributed by atoms with Gasteiger partial charge in [0.2, 0.25) is 0 Å². The average molecular weight is 504 g/mol. The second-order valence-corrected chi connectivity index (χ2v) is 10.3. The van der Waals surface area contributed by atoms with E-state index in [0.717, 1.165) is 5.56 Å². The molecule has 1 amide bonds. The maximum atomic E-state index is 13.0. The van der Waals surface area contributed by atoms with Crippen LogP contribution in [0.3, 0.4) is 0 Å². The number of anilines is 1. The Morgan fingerprint density at radius 3 is 2.59 bits per heavy atom. The van der Waals surface area contributed by atoms with Gasteiger partial charge in [-0.2, -0.15) is 0 Å². The predicted octanol–water partition coefficient (Wildman–Crippen LogP) is 4.83. The highest BCUT2D eigenvalue weighted by molar-refractivity contribution is 8.00. The van der Waals surface area contributed by atoms with Gasteiger partial charge in [0.1, 0.15) is 6.04 Å². The third kappa shape index (κ3) is 4.34. The monoisotopic (exact) mass is 503 g/mol. The second kappa shape index (κ2) is 9.84. The number of rotatable bonds is 7. The number of para-hydroxylation sites is 1. The van der Waals surface area contributed by atoms with E-state index in [1.165, 1.54) is 17.8 Å². The third-order valence-corrected chi connectivity index (χ3v) is 8.83. The molecule has 1 aliphatic carbocycles. The second-order valence-electron chi connectivity index (χ2n) is 8.49. The van der Waals surface area contributed by atoms with Gasteiger partial charge in [-0.25, -0.2) is 4.79 Å². The van der Waals surface area contributed by atoms with Gasteiger partial charge < -0.3 is 15.3 Å². The molecule has 2 aliphatic rings. The minimum Gasteiger partial charge on any atom is -0.480 e. The number of nitro benzene ring substituents is 1. The van der Waals surface area contributed by atoms with Crippen molar-refractivity contribution >= 4 is 46.6 Å². The molecule has 0 saturated heterocycles. The van der Waals surface area contributed by atoms with E-state index < -0.39 is 22.3 Å². The number of hydrogen-bond acceptors (Lipinski definition) is 6. The zero-order valence-corrected chi connectivity index (χ0v) is 20.4. The summed E-state index contributed by atoms with van der Waals surface area (Å²) < 4.78 is 0. The van der Waals surface area contributed by atoms with E-state index in [2.05, 4.69) is 5.32 Å². The number of fused-ring (bicyclic) bond motifs is 3. The van der Waals surface area contributed by atoms with Crippen molar-refractivity contribution < 1.29 is 19.6 Å². The standard InChI is InChI=1S/C24H26ClN3O5S/c1-3-27(4-2)23(29)13-9-10-16-14(11-13)20-15(22(26-16)24(30)31)12-19(21(20)25)34-18-8-6-5-7-17(18)28(32)33/h5-11,15,19-22,26H,3-4,12H2,1-2H3,(H,30,31)/t15-,19+,20-,21+,22-/m0/s1. The Hall–Kier alpha value is -2.78. The average Bonchev–Trinajstić information content (AvgIpc) is 3.15. The Bertz CT molecular complexity index is 1130. The van der Waals surface area contributed by atoms with Crippen molar-refractivity contribution in [2.45, 2.75) is 47.8 Å². The quantitative estimate of drug-likeness (QED) is 0.316. The highest BCUT2D eigenvalue weighted by Gasteiger charge is 2.52. The summed E-state index contributed by atoms with van der Waals surface area (Å²) >= 11 is 8.30. The summed E-state index contributed by atoms with van der Waals surface area (Å²) in [6.45, 7) is 5.02. The van der Waals surface area contributed by atoms with Gasteiger partial charge >= 0.3 is 5.97 Å². The van der Waals surface area contributed by atoms with Gasteiger partial charge in [0.15, 0.2) is 0 Å². The number of carboxylic acids is 1. The number of aliphatic carboxylic acids is 1. The molecule has 2 aromatic carbocycles. The van der Waals surface area contributed by atoms with Crippen molar-refractivity contribution in [1.82, 2.24) is 4.90 Å². The van der Waals surface area contributed by atoms with Crippen molar-refractivity contribution in [3.05, 3.63) is 63.7 Å². The summed E-state index contributed by atoms with van der Waals surface area (Å²) in [4.78, 5) is 38.3. The molecule has 0 radical (unpaired) electrons. The van der Waals surface area contributed by atoms with Crippen LogP contribution < -0.4 is 5.32 Å². The summed E-state index contributed by atoms with van der Waals surface area (Å²) in [5.41, 5.74) is 2.03. The number of carbonyl (C=O) groups is 2. The molecule has 2 aromatic rings. The van der Waals surface area contributed by atoms with Gasteiger partial charge in [-0.3, -0.25) is 14.9 Å². The molecule has 180 valence electrons. The van der Waals surface area contributed by atoms with E-state index in [0.29, 0.717) is 35.7 Å². The van der Waals surface area contributed by atoms with Crippen LogP contribution in [0.2, 0.25) is 0 Å². The van der Waals surface area contributed by atoms with Crippen LogP contribution in [0.25, 0.3) is 0 Å². The lowest BCUT2D eigenvalue weighted by molar-refractivity contribution is -0.387. The fourth-order valence-electron chi connectivity index (χ4n) is 5.06. The molecule has 0 aromatic heterocycles. The first-order valence-corrected chi connectivity index (χ1v) is 12.5. The first-order valence-electron chi connectivity index (χ1n) is 11.2. The lowest BCUT2D eigenvalue weighted by Crippen LogP contribution is -2.42. The first kappa shape index (κ1) is 24.3. The van der Waals surface area contributed by atoms with Crippen molar-refractivity contribution in [2.75, 3.05) is 18.4 Å². The zero-order chi connectivity index (χ0) is 24.6. The predicted molar refractivity (Wildman–Crippen MR) is 132 cm³/mol. The highest BCUT2D eigenvalue weighted by atomic mass is 35.5. The first-order chi connectivity index (χ1) is 16.3. The van der Waals surface area contributed by atoms with Crippen molar-refractivity contribution in [1.29, 1.82) is 0 Å². The van der Waals surface area contributed by atoms with E-state index in [1.54, 1.807) is 35.2 Å². The molecule has 1 fully saturated rings. The molecule has 8 nitrogen and oxygen atoms in total. The van der Waals surface area contributed by atoms with Gasteiger partial charge in [-0.05, 0) is 56.0 Å². The lowest BCUT2D eigenvalue weighted by atomic mass is 9.79. The van der Waals surface area contributed by atoms with Crippen LogP contribution in [-0.2, 0) is 4.79 Å². The van der Waals surface area contributed by atoms with Gasteiger partial charge in [-0.15, -0.1) is 23.4 Å². The van der Waals surface area contributed by atoms with Crippen LogP contribution in [0.15, 0.2) is 47.4 Å². The number of carboxylic acid groups (broad SMARTS) is 1. The largest absolute Gasteiger partial charge is 0.480 e. The van der Waals surface area contributed by atoms with Crippen LogP contribution >= 0.6 is 23.4 Å². The van der Waals surface area contributed by atoms with Gasteiger partial charge in [0, 0.05) is 41.6 Å². The molecule has 0 spiro atoms. The Morgan fingerprint density at radius 1 is 1.24 bits per heavy atom. The van der Waals surface area contributed by atoms with Crippen molar-refractivity contribution in [2.24, 2.45) is 5.92 Å². The highest BCUT2D eigenvalue weighted by Crippen LogP contribution is 2.55. The number of carbonyl (C=O) groups excluding carboxylic acids is 1. The smallest absolute Gasteiger partial charge is 0.326 e. The molecule has 1 heterocycles. The molecule has 1 saturated carbocycles. The minimum absolute atomic E-state index is 0.00616. The molecule has 4 rings (SSSR count). The van der Waals surface area contributed by atoms with E-state index in [4.69, 9.17) is 11.6 Å². The van der Waals surface area contributed by atoms with E-state index in [-0.39, 0.29) is 28.7 Å². The summed E-state index contributed by atoms with van der Waals surface area (Å²) in [5, 5.41) is 23.8. The number of hydrogen-bond donors (Lipinski definition) is 2. The Morgan fingerprint density at radius 2 is 1.94 bits per heavy atom. The van der Waals surface area contributed by atoms with Crippen LogP contribution in [0.4, 0.5) is 11.4 Å². The van der Waals surface area contributed by atoms with E-state index in [9.17, 15) is 24.8 Å². The molecule has 5 atom stereocenters. The molecule has 1 aliphatic heterocycles. The number of thioether (sulfide) groups is 1. The summed E-state index contributed by atoms with van der Waals surface area (Å²) in [6.07, 6.45) is 0.479. The molecule has 10 heteroatoms. The molecular weight excluding hydrogens is 478 g/mol.